The molecule has 0 aromatic carbocycles. The molecule has 0 saturated carbocycles. The number of hydrogen-bond donors (Lipinski definition) is 1. The summed E-state index contributed by atoms with van der Waals surface area (Å²) in [5.41, 5.74) is 1.33. The zero-order valence-electron chi connectivity index (χ0n) is 16.6. The standard InChI is InChI=1S/C18H34N6.HI/c1-14(2)9-17(22(4)5)11-20-18(19-3)24-8-7-15(13-24)16-10-21-23(6)12-16;/h10,12,14-15,17H,7-9,11,13H2,1-6H3,(H,19,20);1H. The fraction of sp³-hybridized carbons (Fsp3) is 0.778. The Morgan fingerprint density at radius 2 is 2.16 bits per heavy atom. The summed E-state index contributed by atoms with van der Waals surface area (Å²) in [4.78, 5) is 9.19. The molecule has 0 aliphatic carbocycles. The van der Waals surface area contributed by atoms with Crippen molar-refractivity contribution in [3.63, 3.8) is 0 Å². The Bertz CT molecular complexity index is 539. The van der Waals surface area contributed by atoms with Gasteiger partial charge in [0.25, 0.3) is 0 Å². The van der Waals surface area contributed by atoms with Crippen LogP contribution in [0.2, 0.25) is 0 Å². The molecule has 1 aromatic rings. The summed E-state index contributed by atoms with van der Waals surface area (Å²) in [5, 5.41) is 7.89. The summed E-state index contributed by atoms with van der Waals surface area (Å²) in [6.45, 7) is 7.57. The van der Waals surface area contributed by atoms with Gasteiger partial charge in [0.1, 0.15) is 0 Å². The highest BCUT2D eigenvalue weighted by molar-refractivity contribution is 14.0. The molecule has 0 radical (unpaired) electrons. The topological polar surface area (TPSA) is 48.7 Å². The van der Waals surface area contributed by atoms with E-state index in [-0.39, 0.29) is 24.0 Å². The Morgan fingerprint density at radius 1 is 1.44 bits per heavy atom. The maximum Gasteiger partial charge on any atom is 0.193 e. The molecule has 2 heterocycles. The Labute approximate surface area is 170 Å². The molecule has 144 valence electrons. The average molecular weight is 462 g/mol. The molecule has 1 aromatic heterocycles. The van der Waals surface area contributed by atoms with Gasteiger partial charge in [-0.05, 0) is 38.4 Å². The van der Waals surface area contributed by atoms with Crippen LogP contribution in [0.3, 0.4) is 0 Å². The SMILES string of the molecule is CN=C(NCC(CC(C)C)N(C)C)N1CCC(c2cnn(C)c2)C1.I. The number of likely N-dealkylation sites (tertiary alicyclic amines) is 1. The summed E-state index contributed by atoms with van der Waals surface area (Å²) in [7, 11) is 8.18. The van der Waals surface area contributed by atoms with Crippen molar-refractivity contribution in [3.05, 3.63) is 18.0 Å². The second-order valence-electron chi connectivity index (χ2n) is 7.55. The van der Waals surface area contributed by atoms with Gasteiger partial charge in [-0.3, -0.25) is 9.67 Å². The second kappa shape index (κ2) is 10.4. The molecule has 2 rings (SSSR count). The number of aryl methyl sites for hydroxylation is 1. The van der Waals surface area contributed by atoms with E-state index in [1.807, 2.05) is 25.0 Å². The minimum absolute atomic E-state index is 0. The van der Waals surface area contributed by atoms with Crippen LogP contribution >= 0.6 is 24.0 Å². The first-order valence-corrected chi connectivity index (χ1v) is 9.01. The second-order valence-corrected chi connectivity index (χ2v) is 7.55. The van der Waals surface area contributed by atoms with Crippen LogP contribution in [0, 0.1) is 5.92 Å². The normalized spacial score (nSPS) is 19.4. The zero-order valence-corrected chi connectivity index (χ0v) is 18.9. The van der Waals surface area contributed by atoms with Crippen LogP contribution in [0.25, 0.3) is 0 Å². The van der Waals surface area contributed by atoms with Crippen molar-refractivity contribution < 1.29 is 0 Å². The molecule has 1 N–H and O–H groups in total. The average Bonchev–Trinajstić information content (AvgIpc) is 3.15. The molecular formula is C18H35IN6. The van der Waals surface area contributed by atoms with E-state index >= 15 is 0 Å². The largest absolute Gasteiger partial charge is 0.355 e. The number of aliphatic imine (C=N–C) groups is 1. The summed E-state index contributed by atoms with van der Waals surface area (Å²) >= 11 is 0. The van der Waals surface area contributed by atoms with E-state index in [1.54, 1.807) is 0 Å². The molecule has 1 saturated heterocycles. The van der Waals surface area contributed by atoms with E-state index in [0.717, 1.165) is 32.0 Å². The van der Waals surface area contributed by atoms with Crippen LogP contribution in [0.15, 0.2) is 17.4 Å². The summed E-state index contributed by atoms with van der Waals surface area (Å²) in [5.74, 6) is 2.28. The lowest BCUT2D eigenvalue weighted by atomic mass is 10.0. The molecule has 0 amide bonds. The highest BCUT2D eigenvalue weighted by Crippen LogP contribution is 2.26. The van der Waals surface area contributed by atoms with Crippen LogP contribution in [-0.2, 0) is 7.05 Å². The van der Waals surface area contributed by atoms with Gasteiger partial charge in [-0.15, -0.1) is 24.0 Å². The molecule has 2 unspecified atom stereocenters. The maximum absolute atomic E-state index is 4.51. The lowest BCUT2D eigenvalue weighted by Crippen LogP contribution is -2.46. The van der Waals surface area contributed by atoms with Gasteiger partial charge in [-0.1, -0.05) is 13.8 Å². The molecule has 25 heavy (non-hydrogen) atoms. The van der Waals surface area contributed by atoms with Crippen molar-refractivity contribution in [2.24, 2.45) is 18.0 Å². The fourth-order valence-corrected chi connectivity index (χ4v) is 3.44. The molecule has 0 bridgehead atoms. The van der Waals surface area contributed by atoms with Crippen molar-refractivity contribution in [2.45, 2.75) is 38.6 Å². The van der Waals surface area contributed by atoms with E-state index < -0.39 is 0 Å². The molecule has 7 heteroatoms. The van der Waals surface area contributed by atoms with Gasteiger partial charge in [-0.2, -0.15) is 5.10 Å². The monoisotopic (exact) mass is 462 g/mol. The number of nitrogens with one attached hydrogen (secondary N) is 1. The number of rotatable bonds is 6. The highest BCUT2D eigenvalue weighted by atomic mass is 127. The summed E-state index contributed by atoms with van der Waals surface area (Å²) in [6.07, 6.45) is 6.48. The summed E-state index contributed by atoms with van der Waals surface area (Å²) < 4.78 is 1.89. The number of guanidine groups is 1. The van der Waals surface area contributed by atoms with Crippen molar-refractivity contribution in [1.82, 2.24) is 24.9 Å². The molecule has 2 atom stereocenters. The van der Waals surface area contributed by atoms with Crippen LogP contribution in [0.4, 0.5) is 0 Å². The molecule has 1 aliphatic rings. The number of hydrogen-bond acceptors (Lipinski definition) is 3. The Hall–Kier alpha value is -0.830. The van der Waals surface area contributed by atoms with Crippen LogP contribution in [0.1, 0.15) is 38.2 Å². The first kappa shape index (κ1) is 22.2. The van der Waals surface area contributed by atoms with Crippen molar-refractivity contribution in [1.29, 1.82) is 0 Å². The van der Waals surface area contributed by atoms with Gasteiger partial charge in [0.15, 0.2) is 5.96 Å². The minimum Gasteiger partial charge on any atom is -0.355 e. The van der Waals surface area contributed by atoms with Crippen LogP contribution in [-0.4, -0.2) is 72.4 Å². The summed E-state index contributed by atoms with van der Waals surface area (Å²) in [6, 6.07) is 0.526. The molecule has 1 fully saturated rings. The predicted octanol–water partition coefficient (Wildman–Crippen LogP) is 2.38. The number of aromatic nitrogens is 2. The van der Waals surface area contributed by atoms with Gasteiger partial charge in [-0.25, -0.2) is 0 Å². The lowest BCUT2D eigenvalue weighted by Gasteiger charge is -2.29. The van der Waals surface area contributed by atoms with Gasteiger partial charge in [0.05, 0.1) is 6.20 Å². The van der Waals surface area contributed by atoms with Gasteiger partial charge in [0, 0.05) is 51.9 Å². The first-order valence-electron chi connectivity index (χ1n) is 9.01. The zero-order chi connectivity index (χ0) is 17.7. The Morgan fingerprint density at radius 3 is 2.68 bits per heavy atom. The van der Waals surface area contributed by atoms with Gasteiger partial charge >= 0.3 is 0 Å². The smallest absolute Gasteiger partial charge is 0.193 e. The first-order chi connectivity index (χ1) is 11.4. The highest BCUT2D eigenvalue weighted by Gasteiger charge is 2.27. The fourth-order valence-electron chi connectivity index (χ4n) is 3.44. The van der Waals surface area contributed by atoms with Gasteiger partial charge in [0.2, 0.25) is 0 Å². The van der Waals surface area contributed by atoms with E-state index in [9.17, 15) is 0 Å². The predicted molar refractivity (Wildman–Crippen MR) is 116 cm³/mol. The third-order valence-electron chi connectivity index (χ3n) is 4.87. The van der Waals surface area contributed by atoms with E-state index in [1.165, 1.54) is 12.0 Å². The number of halogens is 1. The van der Waals surface area contributed by atoms with Crippen molar-refractivity contribution >= 4 is 29.9 Å². The third-order valence-corrected chi connectivity index (χ3v) is 4.87. The van der Waals surface area contributed by atoms with Crippen molar-refractivity contribution in [2.75, 3.05) is 40.8 Å². The third kappa shape index (κ3) is 6.44. The van der Waals surface area contributed by atoms with E-state index in [2.05, 4.69) is 59.3 Å². The van der Waals surface area contributed by atoms with Crippen LogP contribution < -0.4 is 5.32 Å². The Balaban J connectivity index is 0.00000312. The van der Waals surface area contributed by atoms with Gasteiger partial charge < -0.3 is 15.1 Å². The van der Waals surface area contributed by atoms with Crippen molar-refractivity contribution in [3.8, 4) is 0 Å². The molecule has 1 aliphatic heterocycles. The number of likely N-dealkylation sites (N-methyl/N-ethyl adjacent to an activating group) is 1. The minimum atomic E-state index is 0. The quantitative estimate of drug-likeness (QED) is 0.401. The van der Waals surface area contributed by atoms with E-state index in [0.29, 0.717) is 17.9 Å². The Kier molecular flexibility index (Phi) is 9.20. The maximum atomic E-state index is 4.51. The molecule has 6 nitrogen and oxygen atoms in total. The van der Waals surface area contributed by atoms with Crippen LogP contribution in [0.5, 0.6) is 0 Å². The molecule has 0 spiro atoms. The number of nitrogens with zero attached hydrogens (tertiary/aromatic N) is 5. The molecular weight excluding hydrogens is 427 g/mol. The lowest BCUT2D eigenvalue weighted by molar-refractivity contribution is 0.252. The van der Waals surface area contributed by atoms with E-state index in [4.69, 9.17) is 0 Å².